The molecular formula is C13H17NO3. The molecule has 17 heavy (non-hydrogen) atoms. The van der Waals surface area contributed by atoms with Crippen molar-refractivity contribution >= 4 is 5.97 Å². The van der Waals surface area contributed by atoms with Crippen LogP contribution in [0, 0.1) is 0 Å². The fourth-order valence-corrected chi connectivity index (χ4v) is 2.33. The molecule has 2 N–H and O–H groups in total. The van der Waals surface area contributed by atoms with E-state index in [9.17, 15) is 9.90 Å². The molecule has 2 aliphatic rings. The van der Waals surface area contributed by atoms with Crippen LogP contribution < -0.4 is 5.32 Å². The molecule has 0 aromatic rings. The number of aliphatic hydroxyl groups is 1. The van der Waals surface area contributed by atoms with Gasteiger partial charge >= 0.3 is 5.97 Å². The zero-order chi connectivity index (χ0) is 12.4. The fraction of sp³-hybridized carbons (Fsp3) is 0.462. The number of esters is 1. The predicted octanol–water partition coefficient (Wildman–Crippen LogP) is 1.61. The Balaban J connectivity index is 2.35. The van der Waals surface area contributed by atoms with Gasteiger partial charge in [0, 0.05) is 12.5 Å². The topological polar surface area (TPSA) is 58.6 Å². The van der Waals surface area contributed by atoms with Crippen molar-refractivity contribution in [1.82, 2.24) is 5.32 Å². The molecule has 0 aliphatic heterocycles. The number of fused-ring (bicyclic) bond motifs is 1. The van der Waals surface area contributed by atoms with E-state index in [0.717, 1.165) is 24.0 Å². The lowest BCUT2D eigenvalue weighted by Gasteiger charge is -2.28. The summed E-state index contributed by atoms with van der Waals surface area (Å²) in [5.41, 5.74) is 2.29. The molecule has 0 fully saturated rings. The van der Waals surface area contributed by atoms with Crippen LogP contribution >= 0.6 is 0 Å². The maximum Gasteiger partial charge on any atom is 0.341 e. The molecule has 0 aromatic heterocycles. The van der Waals surface area contributed by atoms with Crippen molar-refractivity contribution in [2.75, 3.05) is 14.2 Å². The maximum atomic E-state index is 11.7. The Morgan fingerprint density at radius 1 is 1.53 bits per heavy atom. The summed E-state index contributed by atoms with van der Waals surface area (Å²) in [7, 11) is 3.27. The summed E-state index contributed by atoms with van der Waals surface area (Å²) in [5, 5.41) is 13.0. The van der Waals surface area contributed by atoms with E-state index in [4.69, 9.17) is 4.74 Å². The molecule has 2 aliphatic carbocycles. The van der Waals surface area contributed by atoms with Crippen LogP contribution in [0.15, 0.2) is 34.6 Å². The fourth-order valence-electron chi connectivity index (χ4n) is 2.33. The Morgan fingerprint density at radius 3 is 2.94 bits per heavy atom. The van der Waals surface area contributed by atoms with E-state index in [1.54, 1.807) is 0 Å². The second-order valence-corrected chi connectivity index (χ2v) is 4.29. The van der Waals surface area contributed by atoms with Gasteiger partial charge in [0.15, 0.2) is 0 Å². The summed E-state index contributed by atoms with van der Waals surface area (Å²) in [6.45, 7) is 0. The SMILES string of the molecule is CNC1CC=C2C(=CCC(O)=C2C(=O)OC)C1. The normalized spacial score (nSPS) is 23.8. The minimum atomic E-state index is -0.456. The van der Waals surface area contributed by atoms with E-state index in [1.807, 2.05) is 19.2 Å². The Kier molecular flexibility index (Phi) is 3.33. The van der Waals surface area contributed by atoms with Gasteiger partial charge in [0.1, 0.15) is 11.3 Å². The summed E-state index contributed by atoms with van der Waals surface area (Å²) in [6, 6.07) is 0.407. The molecule has 0 saturated carbocycles. The Hall–Kier alpha value is -1.55. The first-order valence-corrected chi connectivity index (χ1v) is 5.75. The molecule has 0 aromatic carbocycles. The van der Waals surface area contributed by atoms with Gasteiger partial charge in [-0.2, -0.15) is 0 Å². The average Bonchev–Trinajstić information content (AvgIpc) is 2.37. The van der Waals surface area contributed by atoms with Crippen LogP contribution in [0.1, 0.15) is 19.3 Å². The van der Waals surface area contributed by atoms with E-state index in [2.05, 4.69) is 5.32 Å². The minimum absolute atomic E-state index is 0.106. The van der Waals surface area contributed by atoms with E-state index >= 15 is 0 Å². The number of methoxy groups -OCH3 is 1. The first kappa shape index (κ1) is 11.9. The van der Waals surface area contributed by atoms with Crippen molar-refractivity contribution < 1.29 is 14.6 Å². The molecular weight excluding hydrogens is 218 g/mol. The third-order valence-electron chi connectivity index (χ3n) is 3.32. The quantitative estimate of drug-likeness (QED) is 0.714. The van der Waals surface area contributed by atoms with Gasteiger partial charge in [-0.05, 0) is 31.0 Å². The monoisotopic (exact) mass is 235 g/mol. The number of carbonyl (C=O) groups excluding carboxylic acids is 1. The second-order valence-electron chi connectivity index (χ2n) is 4.29. The third-order valence-corrected chi connectivity index (χ3v) is 3.32. The van der Waals surface area contributed by atoms with Gasteiger partial charge in [-0.3, -0.25) is 0 Å². The van der Waals surface area contributed by atoms with Crippen molar-refractivity contribution in [3.05, 3.63) is 34.6 Å². The van der Waals surface area contributed by atoms with Crippen LogP contribution in [0.3, 0.4) is 0 Å². The van der Waals surface area contributed by atoms with Gasteiger partial charge in [0.2, 0.25) is 0 Å². The minimum Gasteiger partial charge on any atom is -0.511 e. The summed E-state index contributed by atoms with van der Waals surface area (Å²) in [4.78, 5) is 11.7. The number of hydrogen-bond acceptors (Lipinski definition) is 4. The van der Waals surface area contributed by atoms with Crippen LogP contribution in [-0.2, 0) is 9.53 Å². The average molecular weight is 235 g/mol. The molecule has 0 saturated heterocycles. The highest BCUT2D eigenvalue weighted by Gasteiger charge is 2.29. The van der Waals surface area contributed by atoms with Crippen molar-refractivity contribution in [3.63, 3.8) is 0 Å². The Morgan fingerprint density at radius 2 is 2.29 bits per heavy atom. The molecule has 0 spiro atoms. The molecule has 1 atom stereocenters. The molecule has 0 amide bonds. The smallest absolute Gasteiger partial charge is 0.341 e. The Labute approximate surface area is 101 Å². The highest BCUT2D eigenvalue weighted by atomic mass is 16.5. The summed E-state index contributed by atoms with van der Waals surface area (Å²) in [6.07, 6.45) is 6.13. The largest absolute Gasteiger partial charge is 0.511 e. The second kappa shape index (κ2) is 4.75. The van der Waals surface area contributed by atoms with Crippen LogP contribution in [0.25, 0.3) is 0 Å². The van der Waals surface area contributed by atoms with Crippen LogP contribution in [0.5, 0.6) is 0 Å². The number of allylic oxidation sites excluding steroid dienone is 1. The summed E-state index contributed by atoms with van der Waals surface area (Å²) in [5.74, 6) is -0.350. The molecule has 0 heterocycles. The molecule has 2 rings (SSSR count). The summed E-state index contributed by atoms with van der Waals surface area (Å²) < 4.78 is 4.72. The van der Waals surface area contributed by atoms with Crippen LogP contribution in [0.2, 0.25) is 0 Å². The Bertz CT molecular complexity index is 432. The van der Waals surface area contributed by atoms with Crippen molar-refractivity contribution in [1.29, 1.82) is 0 Å². The predicted molar refractivity (Wildman–Crippen MR) is 64.5 cm³/mol. The number of nitrogens with one attached hydrogen (secondary N) is 1. The molecule has 92 valence electrons. The number of ether oxygens (including phenoxy) is 1. The van der Waals surface area contributed by atoms with Gasteiger partial charge in [0.25, 0.3) is 0 Å². The van der Waals surface area contributed by atoms with Crippen LogP contribution in [-0.4, -0.2) is 31.3 Å². The number of rotatable bonds is 2. The first-order chi connectivity index (χ1) is 8.17. The lowest BCUT2D eigenvalue weighted by molar-refractivity contribution is -0.136. The maximum absolute atomic E-state index is 11.7. The zero-order valence-electron chi connectivity index (χ0n) is 10.1. The standard InChI is InChI=1S/C13H17NO3/c1-14-9-4-5-10-8(7-9)3-6-11(15)12(10)13(16)17-2/h3,5,9,14-15H,4,6-7H2,1-2H3. The zero-order valence-corrected chi connectivity index (χ0v) is 10.1. The molecule has 1 unspecified atom stereocenters. The number of carbonyl (C=O) groups is 1. The molecule has 0 radical (unpaired) electrons. The van der Waals surface area contributed by atoms with Gasteiger partial charge in [0.05, 0.1) is 7.11 Å². The van der Waals surface area contributed by atoms with Gasteiger partial charge in [-0.1, -0.05) is 12.2 Å². The van der Waals surface area contributed by atoms with E-state index in [1.165, 1.54) is 7.11 Å². The number of aliphatic hydroxyl groups excluding tert-OH is 1. The van der Waals surface area contributed by atoms with Gasteiger partial charge < -0.3 is 15.2 Å². The first-order valence-electron chi connectivity index (χ1n) is 5.75. The molecule has 4 heteroatoms. The molecule has 0 bridgehead atoms. The van der Waals surface area contributed by atoms with E-state index in [0.29, 0.717) is 18.0 Å². The third kappa shape index (κ3) is 2.13. The highest BCUT2D eigenvalue weighted by molar-refractivity contribution is 5.96. The highest BCUT2D eigenvalue weighted by Crippen LogP contribution is 2.36. The van der Waals surface area contributed by atoms with Crippen molar-refractivity contribution in [2.24, 2.45) is 0 Å². The van der Waals surface area contributed by atoms with Crippen molar-refractivity contribution in [3.8, 4) is 0 Å². The van der Waals surface area contributed by atoms with Gasteiger partial charge in [-0.15, -0.1) is 0 Å². The van der Waals surface area contributed by atoms with Crippen molar-refractivity contribution in [2.45, 2.75) is 25.3 Å². The lowest BCUT2D eigenvalue weighted by Crippen LogP contribution is -2.29. The van der Waals surface area contributed by atoms with Gasteiger partial charge in [-0.25, -0.2) is 4.79 Å². The summed E-state index contributed by atoms with van der Waals surface area (Å²) >= 11 is 0. The van der Waals surface area contributed by atoms with E-state index < -0.39 is 5.97 Å². The lowest BCUT2D eigenvalue weighted by atomic mass is 9.82. The van der Waals surface area contributed by atoms with E-state index in [-0.39, 0.29) is 5.76 Å². The number of hydrogen-bond donors (Lipinski definition) is 2. The molecule has 4 nitrogen and oxygen atoms in total. The van der Waals surface area contributed by atoms with Crippen LogP contribution in [0.4, 0.5) is 0 Å².